The van der Waals surface area contributed by atoms with E-state index < -0.39 is 17.8 Å². The van der Waals surface area contributed by atoms with Crippen LogP contribution in [0.25, 0.3) is 0 Å². The van der Waals surface area contributed by atoms with E-state index >= 15 is 0 Å². The molecule has 1 aromatic rings. The second kappa shape index (κ2) is 5.71. The van der Waals surface area contributed by atoms with Crippen LogP contribution in [0.3, 0.4) is 0 Å². The van der Waals surface area contributed by atoms with Crippen LogP contribution in [0.1, 0.15) is 18.4 Å². The summed E-state index contributed by atoms with van der Waals surface area (Å²) in [4.78, 5) is 23.7. The molecule has 0 fully saturated rings. The molecule has 1 aliphatic carbocycles. The maximum absolute atomic E-state index is 12.5. The molecule has 6 heteroatoms. The molecule has 1 heterocycles. The summed E-state index contributed by atoms with van der Waals surface area (Å²) in [5.41, 5.74) is 1.46. The third kappa shape index (κ3) is 2.64. The Morgan fingerprint density at radius 2 is 1.77 bits per heavy atom. The van der Waals surface area contributed by atoms with Gasteiger partial charge in [0.2, 0.25) is 12.7 Å². The number of carbonyl (C=O) groups is 2. The first kappa shape index (κ1) is 14.4. The van der Waals surface area contributed by atoms with Crippen LogP contribution < -0.4 is 14.8 Å². The fourth-order valence-electron chi connectivity index (χ4n) is 2.78. The van der Waals surface area contributed by atoms with Crippen LogP contribution in [0, 0.1) is 18.8 Å². The van der Waals surface area contributed by atoms with E-state index in [9.17, 15) is 14.7 Å². The second-order valence-electron chi connectivity index (χ2n) is 5.50. The van der Waals surface area contributed by atoms with Gasteiger partial charge in [0, 0.05) is 11.8 Å². The Bertz CT molecular complexity index is 652. The molecule has 0 radical (unpaired) electrons. The lowest BCUT2D eigenvalue weighted by Crippen LogP contribution is -2.34. The van der Waals surface area contributed by atoms with Crippen LogP contribution in [-0.4, -0.2) is 23.8 Å². The van der Waals surface area contributed by atoms with Gasteiger partial charge in [-0.05, 0) is 31.4 Å². The molecule has 0 aromatic heterocycles. The normalized spacial score (nSPS) is 22.4. The first-order valence-electron chi connectivity index (χ1n) is 7.15. The topological polar surface area (TPSA) is 84.9 Å². The van der Waals surface area contributed by atoms with Crippen molar-refractivity contribution in [2.45, 2.75) is 19.8 Å². The van der Waals surface area contributed by atoms with Crippen LogP contribution in [0.5, 0.6) is 11.5 Å². The molecular formula is C16H17NO5. The summed E-state index contributed by atoms with van der Waals surface area (Å²) in [6.45, 7) is 2.02. The molecule has 0 saturated heterocycles. The molecule has 2 N–H and O–H groups in total. The minimum atomic E-state index is -0.938. The maximum atomic E-state index is 12.5. The van der Waals surface area contributed by atoms with Gasteiger partial charge in [-0.1, -0.05) is 12.2 Å². The Kier molecular flexibility index (Phi) is 3.75. The molecule has 0 unspecified atom stereocenters. The predicted molar refractivity (Wildman–Crippen MR) is 78.9 cm³/mol. The van der Waals surface area contributed by atoms with Crippen molar-refractivity contribution in [3.63, 3.8) is 0 Å². The lowest BCUT2D eigenvalue weighted by atomic mass is 9.82. The van der Waals surface area contributed by atoms with Gasteiger partial charge in [0.1, 0.15) is 0 Å². The number of aryl methyl sites for hydroxylation is 1. The van der Waals surface area contributed by atoms with Crippen molar-refractivity contribution in [2.75, 3.05) is 12.1 Å². The smallest absolute Gasteiger partial charge is 0.307 e. The number of nitrogens with one attached hydrogen (secondary N) is 1. The zero-order valence-corrected chi connectivity index (χ0v) is 12.2. The van der Waals surface area contributed by atoms with Gasteiger partial charge in [0.05, 0.1) is 11.8 Å². The number of fused-ring (bicyclic) bond motifs is 1. The number of allylic oxidation sites excluding steroid dienone is 2. The Hall–Kier alpha value is -2.50. The minimum Gasteiger partial charge on any atom is -0.481 e. The van der Waals surface area contributed by atoms with Crippen LogP contribution >= 0.6 is 0 Å². The summed E-state index contributed by atoms with van der Waals surface area (Å²) in [7, 11) is 0. The zero-order chi connectivity index (χ0) is 15.7. The van der Waals surface area contributed by atoms with Crippen LogP contribution in [0.15, 0.2) is 24.3 Å². The summed E-state index contributed by atoms with van der Waals surface area (Å²) in [5, 5.41) is 12.1. The van der Waals surface area contributed by atoms with Gasteiger partial charge >= 0.3 is 5.97 Å². The van der Waals surface area contributed by atoms with E-state index in [0.717, 1.165) is 5.56 Å². The molecule has 22 heavy (non-hydrogen) atoms. The fourth-order valence-corrected chi connectivity index (χ4v) is 2.78. The number of ether oxygens (including phenoxy) is 2. The van der Waals surface area contributed by atoms with Gasteiger partial charge in [0.25, 0.3) is 0 Å². The van der Waals surface area contributed by atoms with E-state index in [2.05, 4.69) is 5.32 Å². The summed E-state index contributed by atoms with van der Waals surface area (Å²) in [6, 6.07) is 3.51. The summed E-state index contributed by atoms with van der Waals surface area (Å²) >= 11 is 0. The molecule has 6 nitrogen and oxygen atoms in total. The van der Waals surface area contributed by atoms with Crippen molar-refractivity contribution in [1.29, 1.82) is 0 Å². The molecule has 116 valence electrons. The average Bonchev–Trinajstić information content (AvgIpc) is 2.94. The number of aliphatic carboxylic acids is 1. The number of rotatable bonds is 3. The minimum absolute atomic E-state index is 0.167. The van der Waals surface area contributed by atoms with E-state index in [0.29, 0.717) is 30.0 Å². The van der Waals surface area contributed by atoms with Gasteiger partial charge in [0.15, 0.2) is 11.5 Å². The standard InChI is InChI=1S/C16H17NO5/c1-9-6-13-14(22-8-21-13)7-12(9)17-15(18)10-4-2-3-5-11(10)16(19)20/h2-3,6-7,10-11H,4-5,8H2,1H3,(H,17,18)(H,19,20)/t10-,11-/m0/s1. The van der Waals surface area contributed by atoms with Crippen LogP contribution in [0.2, 0.25) is 0 Å². The number of amides is 1. The average molecular weight is 303 g/mol. The number of carboxylic acids is 1. The van der Waals surface area contributed by atoms with Gasteiger partial charge in [-0.15, -0.1) is 0 Å². The molecule has 0 bridgehead atoms. The van der Waals surface area contributed by atoms with Crippen molar-refractivity contribution >= 4 is 17.6 Å². The van der Waals surface area contributed by atoms with Gasteiger partial charge in [-0.25, -0.2) is 0 Å². The SMILES string of the molecule is Cc1cc2c(cc1NC(=O)[C@H]1CC=CC[C@@H]1C(=O)O)OCO2. The second-order valence-corrected chi connectivity index (χ2v) is 5.50. The van der Waals surface area contributed by atoms with E-state index in [4.69, 9.17) is 9.47 Å². The molecule has 3 rings (SSSR count). The Morgan fingerprint density at radius 1 is 1.14 bits per heavy atom. The highest BCUT2D eigenvalue weighted by Gasteiger charge is 2.34. The van der Waals surface area contributed by atoms with Crippen molar-refractivity contribution in [1.82, 2.24) is 0 Å². The maximum Gasteiger partial charge on any atom is 0.307 e. The van der Waals surface area contributed by atoms with E-state index in [1.807, 2.05) is 19.1 Å². The number of benzene rings is 1. The first-order chi connectivity index (χ1) is 10.6. The first-order valence-corrected chi connectivity index (χ1v) is 7.15. The highest BCUT2D eigenvalue weighted by molar-refractivity contribution is 5.96. The Morgan fingerprint density at radius 3 is 2.45 bits per heavy atom. The lowest BCUT2D eigenvalue weighted by Gasteiger charge is -2.24. The molecular weight excluding hydrogens is 286 g/mol. The lowest BCUT2D eigenvalue weighted by molar-refractivity contribution is -0.146. The molecule has 2 atom stereocenters. The zero-order valence-electron chi connectivity index (χ0n) is 12.2. The van der Waals surface area contributed by atoms with Gasteiger partial charge in [-0.3, -0.25) is 9.59 Å². The quantitative estimate of drug-likeness (QED) is 0.837. The number of anilines is 1. The van der Waals surface area contributed by atoms with Crippen LogP contribution in [-0.2, 0) is 9.59 Å². The van der Waals surface area contributed by atoms with Crippen molar-refractivity contribution in [3.8, 4) is 11.5 Å². The Labute approximate surface area is 127 Å². The van der Waals surface area contributed by atoms with E-state index in [1.54, 1.807) is 12.1 Å². The monoisotopic (exact) mass is 303 g/mol. The Balaban J connectivity index is 1.79. The summed E-state index contributed by atoms with van der Waals surface area (Å²) in [6.07, 6.45) is 4.49. The summed E-state index contributed by atoms with van der Waals surface area (Å²) < 4.78 is 10.6. The van der Waals surface area contributed by atoms with Gasteiger partial charge in [-0.2, -0.15) is 0 Å². The highest BCUT2D eigenvalue weighted by Crippen LogP contribution is 2.37. The third-order valence-corrected chi connectivity index (χ3v) is 4.06. The van der Waals surface area contributed by atoms with Crippen LogP contribution in [0.4, 0.5) is 5.69 Å². The number of carbonyl (C=O) groups excluding carboxylic acids is 1. The van der Waals surface area contributed by atoms with Crippen molar-refractivity contribution in [2.24, 2.45) is 11.8 Å². The van der Waals surface area contributed by atoms with Crippen molar-refractivity contribution < 1.29 is 24.2 Å². The predicted octanol–water partition coefficient (Wildman–Crippen LogP) is 2.33. The molecule has 1 amide bonds. The third-order valence-electron chi connectivity index (χ3n) is 4.06. The number of carboxylic acid groups (broad SMARTS) is 1. The molecule has 2 aliphatic rings. The molecule has 0 spiro atoms. The number of hydrogen-bond donors (Lipinski definition) is 2. The fraction of sp³-hybridized carbons (Fsp3) is 0.375. The van der Waals surface area contributed by atoms with Crippen molar-refractivity contribution in [3.05, 3.63) is 29.8 Å². The summed E-state index contributed by atoms with van der Waals surface area (Å²) in [5.74, 6) is -1.23. The molecule has 1 aliphatic heterocycles. The van der Waals surface area contributed by atoms with E-state index in [1.165, 1.54) is 0 Å². The highest BCUT2D eigenvalue weighted by atomic mass is 16.7. The molecule has 1 aromatic carbocycles. The number of hydrogen-bond acceptors (Lipinski definition) is 4. The van der Waals surface area contributed by atoms with E-state index in [-0.39, 0.29) is 12.7 Å². The largest absolute Gasteiger partial charge is 0.481 e. The van der Waals surface area contributed by atoms with Gasteiger partial charge < -0.3 is 19.9 Å². The molecule has 0 saturated carbocycles.